The molecule has 1 aliphatic heterocycles. The van der Waals surface area contributed by atoms with E-state index in [1.165, 1.54) is 12.8 Å². The van der Waals surface area contributed by atoms with E-state index in [1.807, 2.05) is 25.7 Å². The molecule has 0 aromatic rings. The van der Waals surface area contributed by atoms with E-state index in [0.29, 0.717) is 18.5 Å². The lowest BCUT2D eigenvalue weighted by atomic mass is 10.1. The van der Waals surface area contributed by atoms with Crippen molar-refractivity contribution in [3.05, 3.63) is 0 Å². The number of nitrogens with two attached hydrogens (primary N) is 1. The fourth-order valence-electron chi connectivity index (χ4n) is 2.36. The van der Waals surface area contributed by atoms with Gasteiger partial charge in [-0.15, -0.1) is 0 Å². The van der Waals surface area contributed by atoms with Gasteiger partial charge in [-0.1, -0.05) is 0 Å². The second-order valence-corrected chi connectivity index (χ2v) is 6.03. The highest BCUT2D eigenvalue weighted by Gasteiger charge is 2.44. The summed E-state index contributed by atoms with van der Waals surface area (Å²) in [6, 6.07) is 0.447. The maximum atomic E-state index is 12.0. The summed E-state index contributed by atoms with van der Waals surface area (Å²) in [6.07, 6.45) is 3.20. The van der Waals surface area contributed by atoms with Gasteiger partial charge in [0.2, 0.25) is 0 Å². The Morgan fingerprint density at radius 1 is 1.38 bits per heavy atom. The van der Waals surface area contributed by atoms with Crippen molar-refractivity contribution in [2.24, 2.45) is 11.7 Å². The van der Waals surface area contributed by atoms with E-state index in [2.05, 4.69) is 0 Å². The second-order valence-electron chi connectivity index (χ2n) is 6.03. The Kier molecular flexibility index (Phi) is 2.86. The predicted octanol–water partition coefficient (Wildman–Crippen LogP) is 1.73. The third kappa shape index (κ3) is 2.67. The SMILES string of the molecule is CC(C)(C)OC(=O)N1C[C@H](N)C[C@H]1C1CC1. The third-order valence-electron chi connectivity index (χ3n) is 3.17. The number of carbonyl (C=O) groups excluding carboxylic acids is 1. The van der Waals surface area contributed by atoms with Crippen LogP contribution in [0, 0.1) is 5.92 Å². The Morgan fingerprint density at radius 3 is 2.50 bits per heavy atom. The number of ether oxygens (including phenoxy) is 1. The van der Waals surface area contributed by atoms with E-state index >= 15 is 0 Å². The van der Waals surface area contributed by atoms with Crippen LogP contribution >= 0.6 is 0 Å². The molecule has 1 aliphatic carbocycles. The van der Waals surface area contributed by atoms with Crippen molar-refractivity contribution in [3.63, 3.8) is 0 Å². The van der Waals surface area contributed by atoms with Crippen LogP contribution in [0.25, 0.3) is 0 Å². The van der Waals surface area contributed by atoms with Crippen molar-refractivity contribution in [1.29, 1.82) is 0 Å². The molecule has 0 spiro atoms. The monoisotopic (exact) mass is 226 g/mol. The van der Waals surface area contributed by atoms with E-state index in [4.69, 9.17) is 10.5 Å². The molecule has 2 atom stereocenters. The fourth-order valence-corrected chi connectivity index (χ4v) is 2.36. The number of nitrogens with zero attached hydrogens (tertiary/aromatic N) is 1. The summed E-state index contributed by atoms with van der Waals surface area (Å²) in [5.74, 6) is 0.668. The van der Waals surface area contributed by atoms with Gasteiger partial charge in [-0.25, -0.2) is 4.79 Å². The highest BCUT2D eigenvalue weighted by molar-refractivity contribution is 5.69. The van der Waals surface area contributed by atoms with Crippen molar-refractivity contribution < 1.29 is 9.53 Å². The molecule has 92 valence electrons. The van der Waals surface area contributed by atoms with Gasteiger partial charge in [0.15, 0.2) is 0 Å². The van der Waals surface area contributed by atoms with Gasteiger partial charge in [0.25, 0.3) is 0 Å². The molecule has 0 aromatic heterocycles. The van der Waals surface area contributed by atoms with Crippen molar-refractivity contribution >= 4 is 6.09 Å². The summed E-state index contributed by atoms with van der Waals surface area (Å²) >= 11 is 0. The molecule has 16 heavy (non-hydrogen) atoms. The van der Waals surface area contributed by atoms with E-state index < -0.39 is 5.60 Å². The average molecular weight is 226 g/mol. The first-order valence-electron chi connectivity index (χ1n) is 6.12. The van der Waals surface area contributed by atoms with Crippen LogP contribution in [0.5, 0.6) is 0 Å². The van der Waals surface area contributed by atoms with Gasteiger partial charge in [-0.3, -0.25) is 0 Å². The Balaban J connectivity index is 1.98. The second kappa shape index (κ2) is 3.91. The molecular weight excluding hydrogens is 204 g/mol. The molecule has 0 aromatic carbocycles. The van der Waals surface area contributed by atoms with Gasteiger partial charge in [-0.05, 0) is 46.0 Å². The molecule has 1 saturated heterocycles. The molecule has 1 amide bonds. The summed E-state index contributed by atoms with van der Waals surface area (Å²) in [7, 11) is 0. The fraction of sp³-hybridized carbons (Fsp3) is 0.917. The first-order chi connectivity index (χ1) is 7.37. The van der Waals surface area contributed by atoms with Crippen molar-refractivity contribution in [2.75, 3.05) is 6.54 Å². The zero-order valence-corrected chi connectivity index (χ0v) is 10.4. The number of hydrogen-bond acceptors (Lipinski definition) is 3. The van der Waals surface area contributed by atoms with E-state index in [9.17, 15) is 4.79 Å². The number of likely N-dealkylation sites (tertiary alicyclic amines) is 1. The highest BCUT2D eigenvalue weighted by Crippen LogP contribution is 2.40. The lowest BCUT2D eigenvalue weighted by Gasteiger charge is -2.28. The van der Waals surface area contributed by atoms with Crippen molar-refractivity contribution in [2.45, 2.75) is 57.7 Å². The molecule has 1 heterocycles. The Labute approximate surface area is 97.1 Å². The third-order valence-corrected chi connectivity index (χ3v) is 3.17. The maximum absolute atomic E-state index is 12.0. The van der Waals surface area contributed by atoms with Gasteiger partial charge in [0, 0.05) is 18.6 Å². The van der Waals surface area contributed by atoms with Gasteiger partial charge in [0.1, 0.15) is 5.60 Å². The minimum Gasteiger partial charge on any atom is -0.444 e. The summed E-state index contributed by atoms with van der Waals surface area (Å²) in [5.41, 5.74) is 5.51. The smallest absolute Gasteiger partial charge is 0.410 e. The summed E-state index contributed by atoms with van der Waals surface area (Å²) in [4.78, 5) is 13.8. The highest BCUT2D eigenvalue weighted by atomic mass is 16.6. The first-order valence-corrected chi connectivity index (χ1v) is 6.12. The lowest BCUT2D eigenvalue weighted by Crippen LogP contribution is -2.41. The average Bonchev–Trinajstić information content (AvgIpc) is 2.87. The van der Waals surface area contributed by atoms with Crippen LogP contribution in [0.2, 0.25) is 0 Å². The van der Waals surface area contributed by atoms with Crippen LogP contribution in [-0.2, 0) is 4.74 Å². The van der Waals surface area contributed by atoms with Gasteiger partial charge in [0.05, 0.1) is 0 Å². The molecule has 0 unspecified atom stereocenters. The van der Waals surface area contributed by atoms with Crippen LogP contribution < -0.4 is 5.73 Å². The molecule has 1 saturated carbocycles. The topological polar surface area (TPSA) is 55.6 Å². The van der Waals surface area contributed by atoms with Crippen LogP contribution in [-0.4, -0.2) is 35.2 Å². The lowest BCUT2D eigenvalue weighted by molar-refractivity contribution is 0.0208. The Bertz CT molecular complexity index is 281. The number of amides is 1. The summed E-state index contributed by atoms with van der Waals surface area (Å²) in [5, 5.41) is 0. The van der Waals surface area contributed by atoms with Crippen LogP contribution in [0.1, 0.15) is 40.0 Å². The summed E-state index contributed by atoms with van der Waals surface area (Å²) in [6.45, 7) is 6.34. The standard InChI is InChI=1S/C12H22N2O2/c1-12(2,3)16-11(15)14-7-9(13)6-10(14)8-4-5-8/h8-10H,4-7,13H2,1-3H3/t9-,10+/m1/s1. The van der Waals surface area contributed by atoms with Crippen LogP contribution in [0.15, 0.2) is 0 Å². The summed E-state index contributed by atoms with van der Waals surface area (Å²) < 4.78 is 5.41. The molecule has 4 heteroatoms. The van der Waals surface area contributed by atoms with E-state index in [-0.39, 0.29) is 12.1 Å². The molecule has 0 bridgehead atoms. The normalized spacial score (nSPS) is 30.6. The van der Waals surface area contributed by atoms with Crippen LogP contribution in [0.4, 0.5) is 4.79 Å². The van der Waals surface area contributed by atoms with E-state index in [0.717, 1.165) is 6.42 Å². The molecule has 2 rings (SSSR count). The van der Waals surface area contributed by atoms with Gasteiger partial charge < -0.3 is 15.4 Å². The zero-order valence-electron chi connectivity index (χ0n) is 10.4. The Hall–Kier alpha value is -0.770. The molecule has 0 radical (unpaired) electrons. The molecular formula is C12H22N2O2. The quantitative estimate of drug-likeness (QED) is 0.741. The minimum atomic E-state index is -0.419. The number of hydrogen-bond donors (Lipinski definition) is 1. The van der Waals surface area contributed by atoms with Gasteiger partial charge in [-0.2, -0.15) is 0 Å². The van der Waals surface area contributed by atoms with Crippen LogP contribution in [0.3, 0.4) is 0 Å². The molecule has 4 nitrogen and oxygen atoms in total. The predicted molar refractivity (Wildman–Crippen MR) is 62.0 cm³/mol. The van der Waals surface area contributed by atoms with Gasteiger partial charge >= 0.3 is 6.09 Å². The van der Waals surface area contributed by atoms with Crippen molar-refractivity contribution in [3.8, 4) is 0 Å². The molecule has 2 aliphatic rings. The minimum absolute atomic E-state index is 0.123. The first kappa shape index (κ1) is 11.7. The maximum Gasteiger partial charge on any atom is 0.410 e. The molecule has 2 fully saturated rings. The number of carbonyl (C=O) groups is 1. The van der Waals surface area contributed by atoms with E-state index in [1.54, 1.807) is 0 Å². The largest absolute Gasteiger partial charge is 0.444 e. The zero-order chi connectivity index (χ0) is 11.9. The number of rotatable bonds is 1. The molecule has 2 N–H and O–H groups in total. The Morgan fingerprint density at radius 2 is 2.00 bits per heavy atom. The van der Waals surface area contributed by atoms with Crippen molar-refractivity contribution in [1.82, 2.24) is 4.90 Å².